The van der Waals surface area contributed by atoms with Gasteiger partial charge in [0.2, 0.25) is 0 Å². The van der Waals surface area contributed by atoms with Gasteiger partial charge in [-0.15, -0.1) is 0 Å². The molecule has 2 unspecified atom stereocenters. The van der Waals surface area contributed by atoms with Gasteiger partial charge in [0.05, 0.1) is 18.8 Å². The maximum absolute atomic E-state index is 13.8. The molecule has 2 rings (SSSR count). The van der Waals surface area contributed by atoms with Crippen LogP contribution < -0.4 is 5.73 Å². The molecular weight excluding hydrogens is 238 g/mol. The zero-order valence-corrected chi connectivity index (χ0v) is 10.4. The summed E-state index contributed by atoms with van der Waals surface area (Å²) in [5.74, 6) is -1.07. The minimum Gasteiger partial charge on any atom is -0.376 e. The van der Waals surface area contributed by atoms with E-state index in [-0.39, 0.29) is 18.2 Å². The highest BCUT2D eigenvalue weighted by Crippen LogP contribution is 2.26. The number of rotatable bonds is 3. The fraction of sp³-hybridized carbons (Fsp3) is 0.538. The molecule has 2 N–H and O–H groups in total. The second kappa shape index (κ2) is 5.73. The predicted octanol–water partition coefficient (Wildman–Crippen LogP) is 1.69. The third-order valence-corrected chi connectivity index (χ3v) is 3.27. The first-order chi connectivity index (χ1) is 8.63. The van der Waals surface area contributed by atoms with E-state index >= 15 is 0 Å². The topological polar surface area (TPSA) is 38.5 Å². The van der Waals surface area contributed by atoms with E-state index in [4.69, 9.17) is 10.5 Å². The zero-order valence-electron chi connectivity index (χ0n) is 10.4. The van der Waals surface area contributed by atoms with Gasteiger partial charge in [0.1, 0.15) is 11.6 Å². The fourth-order valence-electron chi connectivity index (χ4n) is 2.41. The summed E-state index contributed by atoms with van der Waals surface area (Å²) >= 11 is 0. The summed E-state index contributed by atoms with van der Waals surface area (Å²) in [6.07, 6.45) is 0.0580. The van der Waals surface area contributed by atoms with E-state index < -0.39 is 17.7 Å². The summed E-state index contributed by atoms with van der Waals surface area (Å²) in [6.45, 7) is 3.96. The number of hydrogen-bond acceptors (Lipinski definition) is 3. The molecule has 1 aromatic rings. The van der Waals surface area contributed by atoms with Crippen molar-refractivity contribution >= 4 is 0 Å². The monoisotopic (exact) mass is 256 g/mol. The second-order valence-electron chi connectivity index (χ2n) is 4.56. The molecule has 1 heterocycles. The summed E-state index contributed by atoms with van der Waals surface area (Å²) in [5, 5.41) is 0. The molecule has 1 aliphatic heterocycles. The molecule has 3 nitrogen and oxygen atoms in total. The molecule has 1 saturated heterocycles. The molecule has 100 valence electrons. The van der Waals surface area contributed by atoms with Crippen LogP contribution in [0.1, 0.15) is 18.5 Å². The number of ether oxygens (including phenoxy) is 1. The van der Waals surface area contributed by atoms with E-state index in [9.17, 15) is 8.78 Å². The number of halogens is 2. The van der Waals surface area contributed by atoms with E-state index in [0.29, 0.717) is 19.7 Å². The quantitative estimate of drug-likeness (QED) is 0.894. The van der Waals surface area contributed by atoms with Crippen molar-refractivity contribution in [2.24, 2.45) is 5.73 Å². The summed E-state index contributed by atoms with van der Waals surface area (Å²) in [7, 11) is 0. The van der Waals surface area contributed by atoms with E-state index in [1.165, 1.54) is 18.2 Å². The molecule has 0 saturated carbocycles. The fourth-order valence-corrected chi connectivity index (χ4v) is 2.41. The Morgan fingerprint density at radius 1 is 1.44 bits per heavy atom. The van der Waals surface area contributed by atoms with Gasteiger partial charge in [-0.25, -0.2) is 8.78 Å². The SMILES string of the molecule is CC1CN(C(CN)c2c(F)cccc2F)CCO1. The molecule has 0 spiro atoms. The molecule has 5 heteroatoms. The molecular formula is C13H18F2N2O. The molecule has 0 radical (unpaired) electrons. The molecule has 0 aromatic heterocycles. The summed E-state index contributed by atoms with van der Waals surface area (Å²) in [5.41, 5.74) is 5.77. The van der Waals surface area contributed by atoms with Gasteiger partial charge < -0.3 is 10.5 Å². The third-order valence-electron chi connectivity index (χ3n) is 3.27. The first-order valence-electron chi connectivity index (χ1n) is 6.13. The van der Waals surface area contributed by atoms with Crippen LogP contribution in [0.4, 0.5) is 8.78 Å². The number of nitrogens with zero attached hydrogens (tertiary/aromatic N) is 1. The molecule has 18 heavy (non-hydrogen) atoms. The minimum absolute atomic E-state index is 0.0580. The van der Waals surface area contributed by atoms with Crippen molar-refractivity contribution in [3.05, 3.63) is 35.4 Å². The van der Waals surface area contributed by atoms with Crippen molar-refractivity contribution in [3.8, 4) is 0 Å². The van der Waals surface area contributed by atoms with Crippen LogP contribution in [0, 0.1) is 11.6 Å². The van der Waals surface area contributed by atoms with Crippen LogP contribution in [0.3, 0.4) is 0 Å². The Balaban J connectivity index is 2.27. The van der Waals surface area contributed by atoms with Crippen molar-refractivity contribution in [1.29, 1.82) is 0 Å². The van der Waals surface area contributed by atoms with Crippen LogP contribution in [0.25, 0.3) is 0 Å². The van der Waals surface area contributed by atoms with Crippen molar-refractivity contribution < 1.29 is 13.5 Å². The molecule has 1 aliphatic rings. The molecule has 1 fully saturated rings. The number of morpholine rings is 1. The highest BCUT2D eigenvalue weighted by molar-refractivity contribution is 5.24. The molecule has 1 aromatic carbocycles. The average Bonchev–Trinajstić information content (AvgIpc) is 2.34. The van der Waals surface area contributed by atoms with Crippen molar-refractivity contribution in [3.63, 3.8) is 0 Å². The van der Waals surface area contributed by atoms with Gasteiger partial charge in [-0.05, 0) is 19.1 Å². The number of nitrogens with two attached hydrogens (primary N) is 1. The van der Waals surface area contributed by atoms with Crippen molar-refractivity contribution in [1.82, 2.24) is 4.90 Å². The Kier molecular flexibility index (Phi) is 4.27. The van der Waals surface area contributed by atoms with Gasteiger partial charge in [-0.1, -0.05) is 6.07 Å². The second-order valence-corrected chi connectivity index (χ2v) is 4.56. The van der Waals surface area contributed by atoms with Crippen LogP contribution in [0.2, 0.25) is 0 Å². The van der Waals surface area contributed by atoms with Crippen molar-refractivity contribution in [2.75, 3.05) is 26.2 Å². The highest BCUT2D eigenvalue weighted by Gasteiger charge is 2.28. The summed E-state index contributed by atoms with van der Waals surface area (Å²) in [6, 6.07) is 3.47. The first kappa shape index (κ1) is 13.4. The van der Waals surface area contributed by atoms with Crippen LogP contribution in [0.5, 0.6) is 0 Å². The van der Waals surface area contributed by atoms with E-state index in [2.05, 4.69) is 0 Å². The van der Waals surface area contributed by atoms with Crippen LogP contribution >= 0.6 is 0 Å². The molecule has 0 aliphatic carbocycles. The molecule has 2 atom stereocenters. The van der Waals surface area contributed by atoms with Gasteiger partial charge in [0.25, 0.3) is 0 Å². The van der Waals surface area contributed by atoms with Crippen LogP contribution in [-0.4, -0.2) is 37.2 Å². The Morgan fingerprint density at radius 3 is 2.67 bits per heavy atom. The van der Waals surface area contributed by atoms with Gasteiger partial charge in [-0.2, -0.15) is 0 Å². The Hall–Kier alpha value is -1.04. The van der Waals surface area contributed by atoms with E-state index in [0.717, 1.165) is 0 Å². The Bertz CT molecular complexity index is 394. The minimum atomic E-state index is -0.537. The smallest absolute Gasteiger partial charge is 0.130 e. The van der Waals surface area contributed by atoms with E-state index in [1.54, 1.807) is 0 Å². The Morgan fingerprint density at radius 2 is 2.11 bits per heavy atom. The maximum Gasteiger partial charge on any atom is 0.130 e. The van der Waals surface area contributed by atoms with Gasteiger partial charge >= 0.3 is 0 Å². The number of hydrogen-bond donors (Lipinski definition) is 1. The van der Waals surface area contributed by atoms with Crippen LogP contribution in [-0.2, 0) is 4.74 Å². The maximum atomic E-state index is 13.8. The summed E-state index contributed by atoms with van der Waals surface area (Å²) in [4.78, 5) is 1.98. The van der Waals surface area contributed by atoms with Gasteiger partial charge in [0.15, 0.2) is 0 Å². The summed E-state index contributed by atoms with van der Waals surface area (Å²) < 4.78 is 33.0. The van der Waals surface area contributed by atoms with E-state index in [1.807, 2.05) is 11.8 Å². The predicted molar refractivity (Wildman–Crippen MR) is 65.1 cm³/mol. The lowest BCUT2D eigenvalue weighted by atomic mass is 10.0. The highest BCUT2D eigenvalue weighted by atomic mass is 19.1. The third kappa shape index (κ3) is 2.68. The average molecular weight is 256 g/mol. The molecule has 0 bridgehead atoms. The lowest BCUT2D eigenvalue weighted by Gasteiger charge is -2.37. The lowest BCUT2D eigenvalue weighted by molar-refractivity contribution is -0.0342. The Labute approximate surface area is 106 Å². The zero-order chi connectivity index (χ0) is 13.1. The van der Waals surface area contributed by atoms with Gasteiger partial charge in [-0.3, -0.25) is 4.90 Å². The van der Waals surface area contributed by atoms with Crippen LogP contribution in [0.15, 0.2) is 18.2 Å². The first-order valence-corrected chi connectivity index (χ1v) is 6.13. The normalized spacial score (nSPS) is 23.0. The lowest BCUT2D eigenvalue weighted by Crippen LogP contribution is -2.45. The number of benzene rings is 1. The largest absolute Gasteiger partial charge is 0.376 e. The van der Waals surface area contributed by atoms with Gasteiger partial charge in [0, 0.05) is 25.2 Å². The van der Waals surface area contributed by atoms with Crippen molar-refractivity contribution in [2.45, 2.75) is 19.1 Å². The standard InChI is InChI=1S/C13H18F2N2O/c1-9-8-17(5-6-18-9)12(7-16)13-10(14)3-2-4-11(13)15/h2-4,9,12H,5-8,16H2,1H3. The molecule has 0 amide bonds.